The second kappa shape index (κ2) is 1.78. The lowest BCUT2D eigenvalue weighted by atomic mass is 10.3. The molecule has 0 N–H and O–H groups in total. The average Bonchev–Trinajstić information content (AvgIpc) is 2.22. The standard InChI is InChI=1S/C5H9FO/c1-2-3-4-5(6)7-4/h4-5H,2-3H2,1H3. The summed E-state index contributed by atoms with van der Waals surface area (Å²) in [5, 5.41) is 0. The molecule has 1 heterocycles. The van der Waals surface area contributed by atoms with E-state index in [9.17, 15) is 4.39 Å². The van der Waals surface area contributed by atoms with Gasteiger partial charge in [0.05, 0.1) is 0 Å². The van der Waals surface area contributed by atoms with Crippen LogP contribution in [0.3, 0.4) is 0 Å². The van der Waals surface area contributed by atoms with E-state index in [0.717, 1.165) is 12.8 Å². The Bertz CT molecular complexity index is 65.1. The summed E-state index contributed by atoms with van der Waals surface area (Å²) in [6.45, 7) is 2.02. The second-order valence-corrected chi connectivity index (χ2v) is 1.81. The minimum atomic E-state index is -0.931. The minimum absolute atomic E-state index is 0.0509. The molecule has 7 heavy (non-hydrogen) atoms. The Morgan fingerprint density at radius 2 is 2.29 bits per heavy atom. The Kier molecular flexibility index (Phi) is 1.28. The summed E-state index contributed by atoms with van der Waals surface area (Å²) in [6.07, 6.45) is 0.914. The largest absolute Gasteiger partial charge is 0.337 e. The predicted molar refractivity (Wildman–Crippen MR) is 24.7 cm³/mol. The van der Waals surface area contributed by atoms with Gasteiger partial charge in [-0.2, -0.15) is 0 Å². The molecule has 1 aliphatic rings. The lowest BCUT2D eigenvalue weighted by Gasteiger charge is -1.80. The van der Waals surface area contributed by atoms with Gasteiger partial charge in [0.15, 0.2) is 0 Å². The number of halogens is 1. The summed E-state index contributed by atoms with van der Waals surface area (Å²) in [5.74, 6) is 0. The van der Waals surface area contributed by atoms with Gasteiger partial charge < -0.3 is 4.74 Å². The van der Waals surface area contributed by atoms with Gasteiger partial charge in [-0.05, 0) is 6.42 Å². The van der Waals surface area contributed by atoms with Crippen LogP contribution in [0, 0.1) is 0 Å². The first-order valence-electron chi connectivity index (χ1n) is 2.64. The van der Waals surface area contributed by atoms with Crippen LogP contribution in [-0.4, -0.2) is 12.5 Å². The zero-order chi connectivity index (χ0) is 5.28. The number of hydrogen-bond donors (Lipinski definition) is 0. The third-order valence-electron chi connectivity index (χ3n) is 1.09. The highest BCUT2D eigenvalue weighted by molar-refractivity contribution is 4.73. The van der Waals surface area contributed by atoms with Crippen molar-refractivity contribution < 1.29 is 9.13 Å². The van der Waals surface area contributed by atoms with Gasteiger partial charge in [0.25, 0.3) is 0 Å². The van der Waals surface area contributed by atoms with Crippen LogP contribution in [0.25, 0.3) is 0 Å². The molecule has 1 aliphatic heterocycles. The number of epoxide rings is 1. The van der Waals surface area contributed by atoms with Crippen molar-refractivity contribution in [1.82, 2.24) is 0 Å². The summed E-state index contributed by atoms with van der Waals surface area (Å²) >= 11 is 0. The summed E-state index contributed by atoms with van der Waals surface area (Å²) in [4.78, 5) is 0. The summed E-state index contributed by atoms with van der Waals surface area (Å²) < 4.78 is 16.2. The number of alkyl halides is 1. The molecule has 42 valence electrons. The molecule has 0 bridgehead atoms. The lowest BCUT2D eigenvalue weighted by molar-refractivity contribution is 0.263. The molecule has 0 aromatic rings. The molecule has 0 aliphatic carbocycles. The molecule has 1 fully saturated rings. The number of ether oxygens (including phenoxy) is 1. The zero-order valence-electron chi connectivity index (χ0n) is 4.36. The van der Waals surface area contributed by atoms with Crippen LogP contribution in [0.4, 0.5) is 4.39 Å². The summed E-state index contributed by atoms with van der Waals surface area (Å²) in [5.41, 5.74) is 0. The molecule has 0 amide bonds. The fraction of sp³-hybridized carbons (Fsp3) is 1.00. The van der Waals surface area contributed by atoms with Crippen molar-refractivity contribution in [3.63, 3.8) is 0 Å². The van der Waals surface area contributed by atoms with Crippen LogP contribution in [0.1, 0.15) is 19.8 Å². The maximum Gasteiger partial charge on any atom is 0.225 e. The Morgan fingerprint density at radius 3 is 2.43 bits per heavy atom. The van der Waals surface area contributed by atoms with Crippen molar-refractivity contribution in [1.29, 1.82) is 0 Å². The third kappa shape index (κ3) is 1.13. The summed E-state index contributed by atoms with van der Waals surface area (Å²) in [7, 11) is 0. The molecule has 2 unspecified atom stereocenters. The van der Waals surface area contributed by atoms with Gasteiger partial charge in [-0.3, -0.25) is 0 Å². The smallest absolute Gasteiger partial charge is 0.225 e. The molecule has 2 heteroatoms. The van der Waals surface area contributed by atoms with Crippen molar-refractivity contribution >= 4 is 0 Å². The van der Waals surface area contributed by atoms with Gasteiger partial charge in [-0.15, -0.1) is 0 Å². The molecule has 1 saturated heterocycles. The summed E-state index contributed by atoms with van der Waals surface area (Å²) in [6, 6.07) is 0. The van der Waals surface area contributed by atoms with Crippen LogP contribution >= 0.6 is 0 Å². The zero-order valence-corrected chi connectivity index (χ0v) is 4.36. The third-order valence-corrected chi connectivity index (χ3v) is 1.09. The Hall–Kier alpha value is -0.110. The van der Waals surface area contributed by atoms with Crippen molar-refractivity contribution in [2.24, 2.45) is 0 Å². The quantitative estimate of drug-likeness (QED) is 0.483. The average molecular weight is 104 g/mol. The minimum Gasteiger partial charge on any atom is -0.337 e. The van der Waals surface area contributed by atoms with Crippen LogP contribution < -0.4 is 0 Å². The molecule has 0 radical (unpaired) electrons. The van der Waals surface area contributed by atoms with E-state index in [0.29, 0.717) is 0 Å². The Balaban J connectivity index is 1.98. The predicted octanol–water partition coefficient (Wildman–Crippen LogP) is 1.48. The van der Waals surface area contributed by atoms with Gasteiger partial charge in [0, 0.05) is 0 Å². The maximum absolute atomic E-state index is 11.7. The van der Waals surface area contributed by atoms with Crippen LogP contribution in [0.15, 0.2) is 0 Å². The van der Waals surface area contributed by atoms with E-state index in [1.54, 1.807) is 0 Å². The second-order valence-electron chi connectivity index (χ2n) is 1.81. The molecule has 0 aromatic heterocycles. The number of rotatable bonds is 2. The van der Waals surface area contributed by atoms with E-state index in [2.05, 4.69) is 4.74 Å². The molecule has 0 saturated carbocycles. The van der Waals surface area contributed by atoms with E-state index < -0.39 is 6.36 Å². The maximum atomic E-state index is 11.7. The molecular formula is C5H9FO. The van der Waals surface area contributed by atoms with Crippen molar-refractivity contribution in [2.75, 3.05) is 0 Å². The monoisotopic (exact) mass is 104 g/mol. The van der Waals surface area contributed by atoms with E-state index in [4.69, 9.17) is 0 Å². The van der Waals surface area contributed by atoms with E-state index in [-0.39, 0.29) is 6.10 Å². The molecule has 1 nitrogen and oxygen atoms in total. The highest BCUT2D eigenvalue weighted by Crippen LogP contribution is 2.26. The van der Waals surface area contributed by atoms with Gasteiger partial charge >= 0.3 is 0 Å². The Morgan fingerprint density at radius 1 is 1.71 bits per heavy atom. The van der Waals surface area contributed by atoms with Crippen molar-refractivity contribution in [2.45, 2.75) is 32.2 Å². The lowest BCUT2D eigenvalue weighted by Crippen LogP contribution is -1.84. The topological polar surface area (TPSA) is 12.5 Å². The fourth-order valence-corrected chi connectivity index (χ4v) is 0.605. The highest BCUT2D eigenvalue weighted by atomic mass is 19.2. The normalized spacial score (nSPS) is 38.6. The van der Waals surface area contributed by atoms with Crippen molar-refractivity contribution in [3.05, 3.63) is 0 Å². The van der Waals surface area contributed by atoms with E-state index in [1.165, 1.54) is 0 Å². The van der Waals surface area contributed by atoms with Crippen molar-refractivity contribution in [3.8, 4) is 0 Å². The Labute approximate surface area is 42.5 Å². The number of hydrogen-bond acceptors (Lipinski definition) is 1. The van der Waals surface area contributed by atoms with Crippen LogP contribution in [-0.2, 0) is 4.74 Å². The van der Waals surface area contributed by atoms with Crippen LogP contribution in [0.2, 0.25) is 0 Å². The fourth-order valence-electron chi connectivity index (χ4n) is 0.605. The molecule has 0 aromatic carbocycles. The highest BCUT2D eigenvalue weighted by Gasteiger charge is 2.37. The first-order valence-corrected chi connectivity index (χ1v) is 2.64. The molecule has 2 atom stereocenters. The molecule has 0 spiro atoms. The first kappa shape index (κ1) is 5.04. The van der Waals surface area contributed by atoms with Gasteiger partial charge in [0.1, 0.15) is 6.10 Å². The van der Waals surface area contributed by atoms with Gasteiger partial charge in [-0.25, -0.2) is 4.39 Å². The molecular weight excluding hydrogens is 95.1 g/mol. The SMILES string of the molecule is CCCC1OC1F. The van der Waals surface area contributed by atoms with Crippen LogP contribution in [0.5, 0.6) is 0 Å². The van der Waals surface area contributed by atoms with Gasteiger partial charge in [-0.1, -0.05) is 13.3 Å². The van der Waals surface area contributed by atoms with E-state index >= 15 is 0 Å². The van der Waals surface area contributed by atoms with E-state index in [1.807, 2.05) is 6.92 Å². The molecule has 1 rings (SSSR count). The van der Waals surface area contributed by atoms with Gasteiger partial charge in [0.2, 0.25) is 6.36 Å². The first-order chi connectivity index (χ1) is 3.34.